The molecule has 0 spiro atoms. The normalized spacial score (nSPS) is 16.9. The summed E-state index contributed by atoms with van der Waals surface area (Å²) < 4.78 is 18.0. The predicted octanol–water partition coefficient (Wildman–Crippen LogP) is 1.26. The van der Waals surface area contributed by atoms with E-state index >= 15 is 0 Å². The zero-order valence-electron chi connectivity index (χ0n) is 15.0. The number of aryl methyl sites for hydroxylation is 1. The number of hydrogen-bond donors (Lipinski definition) is 1. The van der Waals surface area contributed by atoms with Gasteiger partial charge in [0.15, 0.2) is 0 Å². The molecule has 0 radical (unpaired) electrons. The molecule has 8 heteroatoms. The fraction of sp³-hybridized carbons (Fsp3) is 0.389. The highest BCUT2D eigenvalue weighted by atomic mass is 19.1. The third kappa shape index (κ3) is 2.28. The molecule has 1 N–H and O–H groups in total. The molecule has 0 amide bonds. The summed E-state index contributed by atoms with van der Waals surface area (Å²) in [5.41, 5.74) is 1.19. The minimum Gasteiger partial charge on any atom is -0.267 e. The van der Waals surface area contributed by atoms with Crippen molar-refractivity contribution in [3.05, 3.63) is 50.9 Å². The highest BCUT2D eigenvalue weighted by molar-refractivity contribution is 5.70. The monoisotopic (exact) mass is 358 g/mol. The summed E-state index contributed by atoms with van der Waals surface area (Å²) >= 11 is 0. The highest BCUT2D eigenvalue weighted by Gasteiger charge is 2.35. The number of aromatic amines is 1. The fourth-order valence-corrected chi connectivity index (χ4v) is 3.70. The van der Waals surface area contributed by atoms with E-state index in [0.717, 1.165) is 18.2 Å². The Balaban J connectivity index is 2.03. The van der Waals surface area contributed by atoms with Gasteiger partial charge in [0.25, 0.3) is 5.56 Å². The molecule has 0 aliphatic carbocycles. The van der Waals surface area contributed by atoms with Crippen LogP contribution in [0.5, 0.6) is 0 Å². The topological polar surface area (TPSA) is 66.9 Å². The van der Waals surface area contributed by atoms with E-state index < -0.39 is 0 Å². The third-order valence-electron chi connectivity index (χ3n) is 4.98. The van der Waals surface area contributed by atoms with E-state index in [4.69, 9.17) is 0 Å². The molecule has 0 unspecified atom stereocenters. The van der Waals surface area contributed by atoms with E-state index in [0.29, 0.717) is 24.3 Å². The maximum atomic E-state index is 13.3. The van der Waals surface area contributed by atoms with Crippen LogP contribution in [0.3, 0.4) is 0 Å². The van der Waals surface area contributed by atoms with Crippen molar-refractivity contribution in [3.8, 4) is 0 Å². The highest BCUT2D eigenvalue weighted by Crippen LogP contribution is 2.27. The second-order valence-electron chi connectivity index (χ2n) is 6.84. The minimum atomic E-state index is -0.342. The zero-order valence-corrected chi connectivity index (χ0v) is 15.0. The van der Waals surface area contributed by atoms with Crippen molar-refractivity contribution in [2.75, 3.05) is 11.4 Å². The maximum absolute atomic E-state index is 13.3. The average molecular weight is 358 g/mol. The number of benzene rings is 1. The second kappa shape index (κ2) is 5.82. The Labute approximate surface area is 148 Å². The number of H-pyrrole nitrogens is 1. The molecular formula is C18H21FN5O2+. The fourth-order valence-electron chi connectivity index (χ4n) is 3.70. The number of anilines is 2. The second-order valence-corrected chi connectivity index (χ2v) is 6.84. The molecule has 0 bridgehead atoms. The van der Waals surface area contributed by atoms with Crippen LogP contribution < -0.4 is 20.7 Å². The van der Waals surface area contributed by atoms with Crippen LogP contribution in [-0.4, -0.2) is 20.7 Å². The van der Waals surface area contributed by atoms with Crippen LogP contribution in [0.2, 0.25) is 0 Å². The number of fused-ring (bicyclic) bond motifs is 3. The number of aromatic nitrogens is 4. The van der Waals surface area contributed by atoms with E-state index in [-0.39, 0.29) is 23.0 Å². The molecule has 1 atom stereocenters. The van der Waals surface area contributed by atoms with Crippen molar-refractivity contribution >= 4 is 22.8 Å². The van der Waals surface area contributed by atoms with Gasteiger partial charge in [-0.1, -0.05) is 6.92 Å². The Morgan fingerprint density at radius 1 is 1.27 bits per heavy atom. The molecule has 1 aromatic carbocycles. The summed E-state index contributed by atoms with van der Waals surface area (Å²) in [6.07, 6.45) is 0. The predicted molar refractivity (Wildman–Crippen MR) is 96.2 cm³/mol. The number of hydrogen-bond acceptors (Lipinski definition) is 3. The summed E-state index contributed by atoms with van der Waals surface area (Å²) in [6.45, 7) is 5.61. The third-order valence-corrected chi connectivity index (χ3v) is 4.98. The smallest absolute Gasteiger partial charge is 0.267 e. The molecule has 2 aromatic heterocycles. The number of nitrogens with zero attached hydrogens (tertiary/aromatic N) is 4. The molecule has 0 saturated carbocycles. The van der Waals surface area contributed by atoms with E-state index in [2.05, 4.69) is 11.9 Å². The first-order valence-corrected chi connectivity index (χ1v) is 8.70. The van der Waals surface area contributed by atoms with Crippen LogP contribution in [0, 0.1) is 11.7 Å². The Kier molecular flexibility index (Phi) is 3.71. The van der Waals surface area contributed by atoms with Gasteiger partial charge in [0.05, 0.1) is 13.1 Å². The van der Waals surface area contributed by atoms with Crippen molar-refractivity contribution in [1.29, 1.82) is 0 Å². The minimum absolute atomic E-state index is 0.281. The molecule has 0 fully saturated rings. The summed E-state index contributed by atoms with van der Waals surface area (Å²) in [5, 5.41) is 0. The molecule has 1 aliphatic heterocycles. The lowest BCUT2D eigenvalue weighted by Gasteiger charge is -2.26. The summed E-state index contributed by atoms with van der Waals surface area (Å²) in [6, 6.07) is 6.27. The van der Waals surface area contributed by atoms with Gasteiger partial charge in [-0.05, 0) is 31.2 Å². The van der Waals surface area contributed by atoms with Crippen LogP contribution in [-0.2, 0) is 20.1 Å². The first kappa shape index (κ1) is 16.6. The number of imidazole rings is 1. The molecule has 4 rings (SSSR count). The van der Waals surface area contributed by atoms with E-state index in [1.807, 2.05) is 9.47 Å². The summed E-state index contributed by atoms with van der Waals surface area (Å²) in [5.74, 6) is 0.713. The molecule has 26 heavy (non-hydrogen) atoms. The first-order valence-electron chi connectivity index (χ1n) is 8.70. The van der Waals surface area contributed by atoms with Gasteiger partial charge < -0.3 is 0 Å². The molecular weight excluding hydrogens is 337 g/mol. The zero-order chi connectivity index (χ0) is 18.6. The van der Waals surface area contributed by atoms with Crippen molar-refractivity contribution in [2.45, 2.75) is 26.9 Å². The number of nitrogens with one attached hydrogen (secondary N) is 1. The van der Waals surface area contributed by atoms with E-state index in [1.165, 1.54) is 21.3 Å². The summed E-state index contributed by atoms with van der Waals surface area (Å²) in [7, 11) is 1.66. The van der Waals surface area contributed by atoms with Crippen LogP contribution in [0.4, 0.5) is 16.0 Å². The molecule has 0 saturated heterocycles. The van der Waals surface area contributed by atoms with Gasteiger partial charge in [-0.3, -0.25) is 13.9 Å². The first-order chi connectivity index (χ1) is 12.4. The van der Waals surface area contributed by atoms with E-state index in [1.54, 1.807) is 26.1 Å². The average Bonchev–Trinajstić information content (AvgIpc) is 3.00. The van der Waals surface area contributed by atoms with Crippen LogP contribution in [0.25, 0.3) is 11.2 Å². The van der Waals surface area contributed by atoms with Gasteiger partial charge in [0.1, 0.15) is 11.5 Å². The van der Waals surface area contributed by atoms with Crippen molar-refractivity contribution < 1.29 is 8.96 Å². The Morgan fingerprint density at radius 2 is 1.96 bits per heavy atom. The lowest BCUT2D eigenvalue weighted by atomic mass is 10.1. The van der Waals surface area contributed by atoms with Gasteiger partial charge in [0, 0.05) is 19.5 Å². The lowest BCUT2D eigenvalue weighted by Crippen LogP contribution is -2.52. The quantitative estimate of drug-likeness (QED) is 0.702. The van der Waals surface area contributed by atoms with Gasteiger partial charge in [-0.2, -0.15) is 0 Å². The molecule has 136 valence electrons. The van der Waals surface area contributed by atoms with Crippen molar-refractivity contribution in [3.63, 3.8) is 0 Å². The van der Waals surface area contributed by atoms with Crippen molar-refractivity contribution in [1.82, 2.24) is 14.1 Å². The van der Waals surface area contributed by atoms with Gasteiger partial charge in [0.2, 0.25) is 11.2 Å². The molecule has 7 nitrogen and oxygen atoms in total. The van der Waals surface area contributed by atoms with Crippen LogP contribution >= 0.6 is 0 Å². The molecule has 1 aliphatic rings. The van der Waals surface area contributed by atoms with Crippen molar-refractivity contribution in [2.24, 2.45) is 13.0 Å². The molecule has 3 aromatic rings. The standard InChI is InChI=1S/C18H20FN5O2/c1-4-22-16(25)14-15(21(3)18(22)26)20-17-23(9-11(2)10-24(14)17)13-7-5-12(19)6-8-13/h5-8,11H,4,9-10H2,1-3H3/p+1/t11-/m1/s1. The Hall–Kier alpha value is -2.90. The van der Waals surface area contributed by atoms with E-state index in [9.17, 15) is 14.0 Å². The van der Waals surface area contributed by atoms with Crippen LogP contribution in [0.1, 0.15) is 13.8 Å². The lowest BCUT2D eigenvalue weighted by molar-refractivity contribution is -0.669. The van der Waals surface area contributed by atoms with Gasteiger partial charge in [-0.25, -0.2) is 23.6 Å². The maximum Gasteiger partial charge on any atom is 0.364 e. The molecule has 3 heterocycles. The Morgan fingerprint density at radius 3 is 2.62 bits per heavy atom. The van der Waals surface area contributed by atoms with Gasteiger partial charge in [-0.15, -0.1) is 0 Å². The number of halogens is 1. The SMILES string of the molecule is CCn1c(=O)c2c([nH]c3[n+]2C[C@H](C)CN3c2ccc(F)cc2)n(C)c1=O. The Bertz CT molecular complexity index is 1110. The number of rotatable bonds is 2. The summed E-state index contributed by atoms with van der Waals surface area (Å²) in [4.78, 5) is 30.6. The van der Waals surface area contributed by atoms with Crippen LogP contribution in [0.15, 0.2) is 33.9 Å². The largest absolute Gasteiger partial charge is 0.364 e. The van der Waals surface area contributed by atoms with Gasteiger partial charge >= 0.3 is 11.6 Å².